The van der Waals surface area contributed by atoms with E-state index in [2.05, 4.69) is 9.97 Å². The molecule has 186 valence electrons. The number of nitrogens with two attached hydrogens (primary N) is 2. The van der Waals surface area contributed by atoms with Crippen LogP contribution >= 0.6 is 0 Å². The van der Waals surface area contributed by atoms with E-state index in [9.17, 15) is 18.3 Å². The first-order valence-electron chi connectivity index (χ1n) is 10.9. The van der Waals surface area contributed by atoms with Crippen molar-refractivity contribution in [1.29, 1.82) is 0 Å². The van der Waals surface area contributed by atoms with E-state index in [1.807, 2.05) is 0 Å². The van der Waals surface area contributed by atoms with Gasteiger partial charge in [0.2, 0.25) is 5.95 Å². The molecular weight excluding hydrogens is 472 g/mol. The van der Waals surface area contributed by atoms with Crippen LogP contribution in [0.25, 0.3) is 11.1 Å². The van der Waals surface area contributed by atoms with E-state index in [0.717, 1.165) is 0 Å². The summed E-state index contributed by atoms with van der Waals surface area (Å²) >= 11 is 0. The third kappa shape index (κ3) is 6.38. The number of ether oxygens (including phenoxy) is 1. The van der Waals surface area contributed by atoms with E-state index in [1.54, 1.807) is 43.3 Å². The maximum atomic E-state index is 12.7. The average Bonchev–Trinajstić information content (AvgIpc) is 2.76. The summed E-state index contributed by atoms with van der Waals surface area (Å²) in [5, 5.41) is 10.1. The van der Waals surface area contributed by atoms with Gasteiger partial charge in [0.15, 0.2) is 5.75 Å². The van der Waals surface area contributed by atoms with Crippen molar-refractivity contribution in [3.63, 3.8) is 0 Å². The van der Waals surface area contributed by atoms with E-state index < -0.39 is 21.3 Å². The lowest BCUT2D eigenvalue weighted by atomic mass is 9.97. The third-order valence-electron chi connectivity index (χ3n) is 5.11. The standard InChI is InChI=1S/C24H28N4O6S/c1-4-33-19-10-16(9-18-13-27-24(26)28-23(18)25)11-20(34-35(31,32)14(2)3)22(19)17-7-5-15(6-8-17)12-21(29)30/h5-8,10-11,13-14H,4,9,12H2,1-3H3,(H,29,30)(H4,25,26,27,28)/p-1. The second-order valence-electron chi connectivity index (χ2n) is 8.09. The molecule has 0 bridgehead atoms. The summed E-state index contributed by atoms with van der Waals surface area (Å²) in [5.74, 6) is -0.482. The molecule has 3 rings (SSSR count). The van der Waals surface area contributed by atoms with Gasteiger partial charge < -0.3 is 30.3 Å². The Hall–Kier alpha value is -3.86. The van der Waals surface area contributed by atoms with Crippen molar-refractivity contribution in [3.8, 4) is 22.6 Å². The van der Waals surface area contributed by atoms with Gasteiger partial charge in [-0.15, -0.1) is 0 Å². The number of nitrogens with zero attached hydrogens (tertiary/aromatic N) is 2. The van der Waals surface area contributed by atoms with Crippen molar-refractivity contribution in [1.82, 2.24) is 9.97 Å². The van der Waals surface area contributed by atoms with Crippen LogP contribution in [0, 0.1) is 0 Å². The Morgan fingerprint density at radius 2 is 1.74 bits per heavy atom. The molecule has 10 nitrogen and oxygen atoms in total. The maximum absolute atomic E-state index is 12.7. The molecule has 0 radical (unpaired) electrons. The number of aromatic nitrogens is 2. The summed E-state index contributed by atoms with van der Waals surface area (Å²) in [4.78, 5) is 18.9. The molecule has 0 saturated carbocycles. The number of hydrogen-bond donors (Lipinski definition) is 2. The van der Waals surface area contributed by atoms with Crippen molar-refractivity contribution < 1.29 is 27.2 Å². The molecule has 2 aromatic carbocycles. The number of aliphatic carboxylic acids is 1. The molecule has 0 fully saturated rings. The lowest BCUT2D eigenvalue weighted by molar-refractivity contribution is -0.304. The predicted molar refractivity (Wildman–Crippen MR) is 130 cm³/mol. The molecular formula is C24H27N4O6S-. The van der Waals surface area contributed by atoms with E-state index in [4.69, 9.17) is 20.4 Å². The first kappa shape index (κ1) is 25.8. The lowest BCUT2D eigenvalue weighted by Crippen LogP contribution is -2.24. The molecule has 1 aromatic heterocycles. The zero-order valence-electron chi connectivity index (χ0n) is 19.6. The van der Waals surface area contributed by atoms with Gasteiger partial charge in [0.25, 0.3) is 0 Å². The van der Waals surface area contributed by atoms with Gasteiger partial charge in [-0.25, -0.2) is 4.98 Å². The largest absolute Gasteiger partial charge is 0.550 e. The number of anilines is 2. The number of carboxylic acids is 1. The van der Waals surface area contributed by atoms with Gasteiger partial charge in [0.05, 0.1) is 17.4 Å². The lowest BCUT2D eigenvalue weighted by Gasteiger charge is -2.19. The average molecular weight is 500 g/mol. The van der Waals surface area contributed by atoms with E-state index in [1.165, 1.54) is 20.0 Å². The van der Waals surface area contributed by atoms with Crippen LogP contribution < -0.4 is 25.5 Å². The Morgan fingerprint density at radius 3 is 2.31 bits per heavy atom. The summed E-state index contributed by atoms with van der Waals surface area (Å²) in [5.41, 5.74) is 14.4. The van der Waals surface area contributed by atoms with E-state index in [0.29, 0.717) is 40.2 Å². The van der Waals surface area contributed by atoms with Crippen LogP contribution in [0.4, 0.5) is 11.8 Å². The van der Waals surface area contributed by atoms with Gasteiger partial charge in [-0.2, -0.15) is 13.4 Å². The molecule has 11 heteroatoms. The molecule has 0 spiro atoms. The second kappa shape index (κ2) is 10.6. The Morgan fingerprint density at radius 1 is 1.09 bits per heavy atom. The Bertz CT molecular complexity index is 1320. The maximum Gasteiger partial charge on any atom is 0.311 e. The molecule has 1 heterocycles. The number of carbonyl (C=O) groups is 1. The number of carboxylic acid groups (broad SMARTS) is 1. The molecule has 0 aliphatic rings. The SMILES string of the molecule is CCOc1cc(Cc2cnc(N)nc2N)cc(OS(=O)(=O)C(C)C)c1-c1ccc(CC(=O)[O-])cc1. The molecule has 4 N–H and O–H groups in total. The van der Waals surface area contributed by atoms with Crippen LogP contribution in [-0.2, 0) is 27.8 Å². The number of nitrogen functional groups attached to an aromatic ring is 2. The highest BCUT2D eigenvalue weighted by atomic mass is 32.2. The van der Waals surface area contributed by atoms with Crippen LogP contribution in [0.3, 0.4) is 0 Å². The number of carbonyl (C=O) groups excluding carboxylic acids is 1. The molecule has 3 aromatic rings. The monoisotopic (exact) mass is 499 g/mol. The van der Waals surface area contributed by atoms with Crippen LogP contribution in [0.15, 0.2) is 42.6 Å². The van der Waals surface area contributed by atoms with Crippen LogP contribution in [0.5, 0.6) is 11.5 Å². The van der Waals surface area contributed by atoms with Crippen molar-refractivity contribution in [2.24, 2.45) is 0 Å². The van der Waals surface area contributed by atoms with Gasteiger partial charge in [-0.1, -0.05) is 24.3 Å². The van der Waals surface area contributed by atoms with Crippen molar-refractivity contribution >= 4 is 27.9 Å². The highest BCUT2D eigenvalue weighted by Crippen LogP contribution is 2.41. The first-order chi connectivity index (χ1) is 16.5. The van der Waals surface area contributed by atoms with Crippen molar-refractivity contribution in [2.45, 2.75) is 38.9 Å². The summed E-state index contributed by atoms with van der Waals surface area (Å²) in [7, 11) is -3.95. The fraction of sp³-hybridized carbons (Fsp3) is 0.292. The quantitative estimate of drug-likeness (QED) is 0.391. The highest BCUT2D eigenvalue weighted by molar-refractivity contribution is 7.87. The van der Waals surface area contributed by atoms with Gasteiger partial charge in [-0.3, -0.25) is 0 Å². The van der Waals surface area contributed by atoms with Crippen molar-refractivity contribution in [2.75, 3.05) is 18.1 Å². The smallest absolute Gasteiger partial charge is 0.311 e. The number of benzene rings is 2. The normalized spacial score (nSPS) is 11.4. The molecule has 0 aliphatic carbocycles. The molecule has 0 atom stereocenters. The predicted octanol–water partition coefficient (Wildman–Crippen LogP) is 1.71. The van der Waals surface area contributed by atoms with Crippen LogP contribution in [0.2, 0.25) is 0 Å². The highest BCUT2D eigenvalue weighted by Gasteiger charge is 2.24. The summed E-state index contributed by atoms with van der Waals surface area (Å²) in [6.45, 7) is 5.15. The Kier molecular flexibility index (Phi) is 7.80. The van der Waals surface area contributed by atoms with Gasteiger partial charge in [0.1, 0.15) is 11.6 Å². The van der Waals surface area contributed by atoms with Gasteiger partial charge >= 0.3 is 10.1 Å². The second-order valence-corrected chi connectivity index (χ2v) is 10.2. The summed E-state index contributed by atoms with van der Waals surface area (Å²) < 4.78 is 36.8. The molecule has 0 amide bonds. The Labute approximate surface area is 204 Å². The minimum Gasteiger partial charge on any atom is -0.550 e. The summed E-state index contributed by atoms with van der Waals surface area (Å²) in [6.07, 6.45) is 1.54. The topological polar surface area (TPSA) is 171 Å². The van der Waals surface area contributed by atoms with E-state index >= 15 is 0 Å². The van der Waals surface area contributed by atoms with Crippen molar-refractivity contribution in [3.05, 3.63) is 59.3 Å². The summed E-state index contributed by atoms with van der Waals surface area (Å²) in [6, 6.07) is 9.97. The molecule has 0 saturated heterocycles. The fourth-order valence-corrected chi connectivity index (χ4v) is 3.91. The van der Waals surface area contributed by atoms with Gasteiger partial charge in [0, 0.05) is 30.6 Å². The molecule has 0 unspecified atom stereocenters. The minimum atomic E-state index is -3.95. The van der Waals surface area contributed by atoms with Gasteiger partial charge in [-0.05, 0) is 49.6 Å². The first-order valence-corrected chi connectivity index (χ1v) is 12.4. The number of hydrogen-bond acceptors (Lipinski definition) is 10. The van der Waals surface area contributed by atoms with Crippen LogP contribution in [0.1, 0.15) is 37.5 Å². The zero-order chi connectivity index (χ0) is 25.8. The van der Waals surface area contributed by atoms with Crippen LogP contribution in [-0.4, -0.2) is 36.2 Å². The zero-order valence-corrected chi connectivity index (χ0v) is 20.5. The van der Waals surface area contributed by atoms with E-state index in [-0.39, 0.29) is 30.4 Å². The fourth-order valence-electron chi connectivity index (χ4n) is 3.33. The third-order valence-corrected chi connectivity index (χ3v) is 6.68. The minimum absolute atomic E-state index is 0.0470. The number of rotatable bonds is 10. The molecule has 0 aliphatic heterocycles. The molecule has 35 heavy (non-hydrogen) atoms. The Balaban J connectivity index is 2.16.